The second-order valence-electron chi connectivity index (χ2n) is 6.17. The van der Waals surface area contributed by atoms with Gasteiger partial charge in [0.15, 0.2) is 6.04 Å². The summed E-state index contributed by atoms with van der Waals surface area (Å²) in [7, 11) is 1.98. The molecule has 2 aromatic rings. The highest BCUT2D eigenvalue weighted by atomic mass is 16.5. The number of nitriles is 1. The Kier molecular flexibility index (Phi) is 6.95. The number of carbonyl (C=O) groups excluding carboxylic acids is 1. The van der Waals surface area contributed by atoms with Crippen LogP contribution in [0.5, 0.6) is 5.75 Å². The molecule has 5 nitrogen and oxygen atoms in total. The van der Waals surface area contributed by atoms with Gasteiger partial charge in [0.2, 0.25) is 0 Å². The zero-order valence-corrected chi connectivity index (χ0v) is 15.2. The maximum absolute atomic E-state index is 12.5. The third kappa shape index (κ3) is 5.47. The number of likely N-dealkylation sites (N-methyl/N-ethyl adjacent to an activating group) is 1. The van der Waals surface area contributed by atoms with Gasteiger partial charge in [0.25, 0.3) is 5.91 Å². The van der Waals surface area contributed by atoms with Gasteiger partial charge in [-0.1, -0.05) is 18.7 Å². The minimum atomic E-state index is -0.238. The van der Waals surface area contributed by atoms with Crippen molar-refractivity contribution < 1.29 is 14.4 Å². The fourth-order valence-electron chi connectivity index (χ4n) is 2.47. The third-order valence-electron chi connectivity index (χ3n) is 4.17. The van der Waals surface area contributed by atoms with Gasteiger partial charge in [0, 0.05) is 11.3 Å². The van der Waals surface area contributed by atoms with Crippen LogP contribution in [0.4, 0.5) is 5.69 Å². The van der Waals surface area contributed by atoms with Crippen LogP contribution in [-0.4, -0.2) is 25.6 Å². The summed E-state index contributed by atoms with van der Waals surface area (Å²) in [5, 5.41) is 11.8. The lowest BCUT2D eigenvalue weighted by molar-refractivity contribution is -0.907. The zero-order valence-electron chi connectivity index (χ0n) is 15.2. The van der Waals surface area contributed by atoms with Crippen LogP contribution in [0.3, 0.4) is 0 Å². The summed E-state index contributed by atoms with van der Waals surface area (Å²) in [6.07, 6.45) is 1.71. The molecule has 2 N–H and O–H groups in total. The molecule has 1 amide bonds. The number of anilines is 1. The molecular formula is C21H24N3O2+. The lowest BCUT2D eigenvalue weighted by Crippen LogP contribution is -3.12. The number of nitrogens with zero attached hydrogens (tertiary/aromatic N) is 1. The number of quaternary nitrogens is 1. The van der Waals surface area contributed by atoms with Gasteiger partial charge in [-0.3, -0.25) is 4.79 Å². The van der Waals surface area contributed by atoms with Crippen LogP contribution in [0.2, 0.25) is 0 Å². The van der Waals surface area contributed by atoms with Gasteiger partial charge in [-0.15, -0.1) is 0 Å². The monoisotopic (exact) mass is 350 g/mol. The molecule has 0 heterocycles. The standard InChI is InChI=1S/C21H23N3O2/c1-4-12-26-20-10-8-17(9-11-20)15-24(3)16(2)21(25)23-19-7-5-6-18(13-19)14-22/h4-11,13,16H,1,12,15H2,2-3H3,(H,23,25)/p+1/t16-/m0/s1. The average molecular weight is 350 g/mol. The molecular weight excluding hydrogens is 326 g/mol. The molecule has 1 unspecified atom stereocenters. The molecule has 2 rings (SSSR count). The molecule has 0 aromatic heterocycles. The number of ether oxygens (including phenoxy) is 1. The SMILES string of the molecule is C=CCOc1ccc(C[NH+](C)[C@@H](C)C(=O)Nc2cccc(C#N)c2)cc1. The first kappa shape index (κ1) is 19.2. The van der Waals surface area contributed by atoms with Crippen molar-refractivity contribution in [1.29, 1.82) is 5.26 Å². The number of rotatable bonds is 8. The van der Waals surface area contributed by atoms with Crippen LogP contribution >= 0.6 is 0 Å². The van der Waals surface area contributed by atoms with Gasteiger partial charge in [-0.25, -0.2) is 0 Å². The van der Waals surface area contributed by atoms with Gasteiger partial charge in [0.05, 0.1) is 18.7 Å². The summed E-state index contributed by atoms with van der Waals surface area (Å²) < 4.78 is 5.47. The van der Waals surface area contributed by atoms with E-state index in [0.29, 0.717) is 24.4 Å². The van der Waals surface area contributed by atoms with Gasteiger partial charge in [-0.05, 0) is 49.4 Å². The first-order valence-electron chi connectivity index (χ1n) is 8.49. The van der Waals surface area contributed by atoms with Gasteiger partial charge in [0.1, 0.15) is 18.9 Å². The maximum atomic E-state index is 12.5. The molecule has 0 aliphatic rings. The second kappa shape index (κ2) is 9.40. The normalized spacial score (nSPS) is 12.5. The lowest BCUT2D eigenvalue weighted by Gasteiger charge is -2.21. The molecule has 0 fully saturated rings. The van der Waals surface area contributed by atoms with E-state index >= 15 is 0 Å². The van der Waals surface area contributed by atoms with Crippen molar-refractivity contribution in [1.82, 2.24) is 0 Å². The molecule has 2 atom stereocenters. The molecule has 0 bridgehead atoms. The van der Waals surface area contributed by atoms with E-state index in [2.05, 4.69) is 18.0 Å². The summed E-state index contributed by atoms with van der Waals surface area (Å²) in [5.74, 6) is 0.720. The molecule has 0 aliphatic carbocycles. The second-order valence-corrected chi connectivity index (χ2v) is 6.17. The number of nitrogens with one attached hydrogen (secondary N) is 2. The Morgan fingerprint density at radius 3 is 2.73 bits per heavy atom. The van der Waals surface area contributed by atoms with Gasteiger partial charge < -0.3 is 15.0 Å². The van der Waals surface area contributed by atoms with E-state index in [1.165, 1.54) is 0 Å². The van der Waals surface area contributed by atoms with E-state index in [1.54, 1.807) is 30.3 Å². The fraction of sp³-hybridized carbons (Fsp3) is 0.238. The quantitative estimate of drug-likeness (QED) is 0.717. The van der Waals surface area contributed by atoms with Crippen LogP contribution < -0.4 is 15.0 Å². The molecule has 26 heavy (non-hydrogen) atoms. The molecule has 0 saturated heterocycles. The third-order valence-corrected chi connectivity index (χ3v) is 4.17. The largest absolute Gasteiger partial charge is 0.490 e. The number of benzene rings is 2. The molecule has 0 spiro atoms. The lowest BCUT2D eigenvalue weighted by atomic mass is 10.1. The summed E-state index contributed by atoms with van der Waals surface area (Å²) in [5.41, 5.74) is 2.28. The first-order chi connectivity index (χ1) is 12.5. The molecule has 0 aliphatic heterocycles. The van der Waals surface area contributed by atoms with Crippen molar-refractivity contribution in [3.8, 4) is 11.8 Å². The van der Waals surface area contributed by atoms with Gasteiger partial charge >= 0.3 is 0 Å². The van der Waals surface area contributed by atoms with Gasteiger partial charge in [-0.2, -0.15) is 5.26 Å². The number of hydrogen-bond donors (Lipinski definition) is 2. The van der Waals surface area contributed by atoms with Crippen molar-refractivity contribution in [2.45, 2.75) is 19.5 Å². The highest BCUT2D eigenvalue weighted by Crippen LogP contribution is 2.12. The number of carbonyl (C=O) groups is 1. The topological polar surface area (TPSA) is 66.6 Å². The van der Waals surface area contributed by atoms with E-state index in [1.807, 2.05) is 38.2 Å². The van der Waals surface area contributed by atoms with Crippen LogP contribution in [0.25, 0.3) is 0 Å². The Balaban J connectivity index is 1.93. The van der Waals surface area contributed by atoms with Crippen molar-refractivity contribution >= 4 is 11.6 Å². The van der Waals surface area contributed by atoms with E-state index in [4.69, 9.17) is 10.00 Å². The number of amides is 1. The van der Waals surface area contributed by atoms with E-state index in [0.717, 1.165) is 16.2 Å². The molecule has 0 radical (unpaired) electrons. The minimum absolute atomic E-state index is 0.0801. The Labute approximate surface area is 154 Å². The Morgan fingerprint density at radius 1 is 1.35 bits per heavy atom. The summed E-state index contributed by atoms with van der Waals surface area (Å²) in [6, 6.07) is 16.6. The van der Waals surface area contributed by atoms with Crippen molar-refractivity contribution in [3.05, 3.63) is 72.3 Å². The smallest absolute Gasteiger partial charge is 0.282 e. The Bertz CT molecular complexity index is 794. The predicted molar refractivity (Wildman–Crippen MR) is 102 cm³/mol. The summed E-state index contributed by atoms with van der Waals surface area (Å²) >= 11 is 0. The molecule has 2 aromatic carbocycles. The molecule has 134 valence electrons. The zero-order chi connectivity index (χ0) is 18.9. The van der Waals surface area contributed by atoms with Crippen LogP contribution in [0.1, 0.15) is 18.1 Å². The Morgan fingerprint density at radius 2 is 2.08 bits per heavy atom. The Hall–Kier alpha value is -3.10. The van der Waals surface area contributed by atoms with Crippen LogP contribution in [-0.2, 0) is 11.3 Å². The minimum Gasteiger partial charge on any atom is -0.490 e. The van der Waals surface area contributed by atoms with Crippen molar-refractivity contribution in [2.75, 3.05) is 19.0 Å². The molecule has 0 saturated carbocycles. The van der Waals surface area contributed by atoms with Crippen molar-refractivity contribution in [2.24, 2.45) is 0 Å². The van der Waals surface area contributed by atoms with E-state index < -0.39 is 0 Å². The highest BCUT2D eigenvalue weighted by molar-refractivity contribution is 5.93. The summed E-state index contributed by atoms with van der Waals surface area (Å²) in [4.78, 5) is 13.5. The maximum Gasteiger partial charge on any atom is 0.282 e. The fourth-order valence-corrected chi connectivity index (χ4v) is 2.47. The predicted octanol–water partition coefficient (Wildman–Crippen LogP) is 2.16. The van der Waals surface area contributed by atoms with Crippen LogP contribution in [0, 0.1) is 11.3 Å². The highest BCUT2D eigenvalue weighted by Gasteiger charge is 2.22. The molecule has 5 heteroatoms. The first-order valence-corrected chi connectivity index (χ1v) is 8.49. The van der Waals surface area contributed by atoms with Crippen LogP contribution in [0.15, 0.2) is 61.2 Å². The summed E-state index contributed by atoms with van der Waals surface area (Å²) in [6.45, 7) is 6.71. The average Bonchev–Trinajstić information content (AvgIpc) is 2.66. The van der Waals surface area contributed by atoms with Crippen molar-refractivity contribution in [3.63, 3.8) is 0 Å². The number of hydrogen-bond acceptors (Lipinski definition) is 3. The van der Waals surface area contributed by atoms with E-state index in [-0.39, 0.29) is 11.9 Å². The van der Waals surface area contributed by atoms with E-state index in [9.17, 15) is 4.79 Å².